The average Bonchev–Trinajstić information content (AvgIpc) is 2.59. The quantitative estimate of drug-likeness (QED) is 0.590. The molecule has 0 aliphatic heterocycles. The largest absolute Gasteiger partial charge is 0.481 e. The molecule has 27 heavy (non-hydrogen) atoms. The second kappa shape index (κ2) is 8.70. The number of rotatable bonds is 7. The molecule has 2 atom stereocenters. The molecule has 0 bridgehead atoms. The summed E-state index contributed by atoms with van der Waals surface area (Å²) in [5.74, 6) is -0.335. The van der Waals surface area contributed by atoms with Gasteiger partial charge >= 0.3 is 11.6 Å². The number of nitrogens with one attached hydrogen (secondary N) is 1. The summed E-state index contributed by atoms with van der Waals surface area (Å²) in [6.07, 6.45) is -0.385. The van der Waals surface area contributed by atoms with Gasteiger partial charge in [0.25, 0.3) is 5.91 Å². The van der Waals surface area contributed by atoms with E-state index >= 15 is 0 Å². The maximum Gasteiger partial charge on any atom is 0.336 e. The van der Waals surface area contributed by atoms with Crippen molar-refractivity contribution in [1.29, 1.82) is 0 Å². The third-order valence-corrected chi connectivity index (χ3v) is 4.11. The molecule has 1 heterocycles. The summed E-state index contributed by atoms with van der Waals surface area (Å²) in [5, 5.41) is 3.46. The molecule has 0 spiro atoms. The summed E-state index contributed by atoms with van der Waals surface area (Å²) < 4.78 is 15.6. The molecule has 1 N–H and O–H groups in total. The number of fused-ring (bicyclic) bond motifs is 1. The Hall–Kier alpha value is -2.83. The van der Waals surface area contributed by atoms with E-state index in [9.17, 15) is 14.4 Å². The van der Waals surface area contributed by atoms with Crippen molar-refractivity contribution in [1.82, 2.24) is 5.32 Å². The lowest BCUT2D eigenvalue weighted by Crippen LogP contribution is -2.47. The number of methoxy groups -OCH3 is 1. The minimum atomic E-state index is -0.849. The van der Waals surface area contributed by atoms with E-state index in [2.05, 4.69) is 5.32 Å². The first-order valence-corrected chi connectivity index (χ1v) is 8.80. The van der Waals surface area contributed by atoms with Crippen molar-refractivity contribution in [3.05, 3.63) is 40.2 Å². The van der Waals surface area contributed by atoms with Gasteiger partial charge in [0.15, 0.2) is 6.10 Å². The van der Waals surface area contributed by atoms with Crippen LogP contribution in [0.15, 0.2) is 33.5 Å². The first-order valence-electron chi connectivity index (χ1n) is 8.80. The van der Waals surface area contributed by atoms with E-state index in [-0.39, 0.29) is 5.92 Å². The van der Waals surface area contributed by atoms with E-state index in [0.29, 0.717) is 17.8 Å². The highest BCUT2D eigenvalue weighted by atomic mass is 16.5. The van der Waals surface area contributed by atoms with Crippen LogP contribution >= 0.6 is 0 Å². The topological polar surface area (TPSA) is 94.8 Å². The molecule has 2 rings (SSSR count). The lowest BCUT2D eigenvalue weighted by Gasteiger charge is -2.21. The van der Waals surface area contributed by atoms with Crippen molar-refractivity contribution in [2.45, 2.75) is 46.3 Å². The molecule has 0 unspecified atom stereocenters. The molecule has 0 aliphatic rings. The summed E-state index contributed by atoms with van der Waals surface area (Å²) in [7, 11) is 1.28. The predicted molar refractivity (Wildman–Crippen MR) is 101 cm³/mol. The van der Waals surface area contributed by atoms with Crippen molar-refractivity contribution in [2.75, 3.05) is 7.11 Å². The van der Waals surface area contributed by atoms with E-state index in [1.165, 1.54) is 13.2 Å². The Morgan fingerprint density at radius 3 is 2.52 bits per heavy atom. The van der Waals surface area contributed by atoms with E-state index in [1.807, 2.05) is 20.8 Å². The van der Waals surface area contributed by atoms with Crippen LogP contribution in [0.5, 0.6) is 5.75 Å². The minimum Gasteiger partial charge on any atom is -0.481 e. The molecule has 2 aromatic rings. The second-order valence-electron chi connectivity index (χ2n) is 6.88. The van der Waals surface area contributed by atoms with Gasteiger partial charge in [-0.3, -0.25) is 4.79 Å². The monoisotopic (exact) mass is 375 g/mol. The third-order valence-electron chi connectivity index (χ3n) is 4.11. The van der Waals surface area contributed by atoms with Crippen molar-refractivity contribution in [3.8, 4) is 5.75 Å². The smallest absolute Gasteiger partial charge is 0.336 e. The van der Waals surface area contributed by atoms with Gasteiger partial charge in [0.2, 0.25) is 0 Å². The number of carbonyl (C=O) groups excluding carboxylic acids is 2. The molecule has 1 amide bonds. The zero-order chi connectivity index (χ0) is 20.1. The number of aryl methyl sites for hydroxylation is 1. The highest BCUT2D eigenvalue weighted by Crippen LogP contribution is 2.23. The summed E-state index contributed by atoms with van der Waals surface area (Å²) in [6, 6.07) is 5.72. The van der Waals surface area contributed by atoms with Gasteiger partial charge in [0, 0.05) is 17.5 Å². The van der Waals surface area contributed by atoms with Crippen molar-refractivity contribution < 1.29 is 23.5 Å². The van der Waals surface area contributed by atoms with E-state index in [0.717, 1.165) is 10.9 Å². The molecule has 146 valence electrons. The van der Waals surface area contributed by atoms with Gasteiger partial charge in [-0.2, -0.15) is 0 Å². The van der Waals surface area contributed by atoms with Gasteiger partial charge in [-0.05, 0) is 43.9 Å². The summed E-state index contributed by atoms with van der Waals surface area (Å²) in [4.78, 5) is 35.8. The van der Waals surface area contributed by atoms with Gasteiger partial charge in [-0.15, -0.1) is 0 Å². The number of benzene rings is 1. The SMILES string of the molecule is COC(=O)[C@@H](CC(C)C)NC(=O)[C@@H](C)Oc1ccc2c(C)cc(=O)oc2c1. The van der Waals surface area contributed by atoms with Crippen molar-refractivity contribution in [3.63, 3.8) is 0 Å². The molecular weight excluding hydrogens is 350 g/mol. The molecule has 1 aromatic heterocycles. The average molecular weight is 375 g/mol. The van der Waals surface area contributed by atoms with Crippen molar-refractivity contribution in [2.24, 2.45) is 5.92 Å². The van der Waals surface area contributed by atoms with Crippen LogP contribution in [0.2, 0.25) is 0 Å². The molecular formula is C20H25NO6. The Kier molecular flexibility index (Phi) is 6.60. The van der Waals surface area contributed by atoms with E-state index in [4.69, 9.17) is 13.9 Å². The lowest BCUT2D eigenvalue weighted by molar-refractivity contribution is -0.146. The van der Waals surface area contributed by atoms with Crippen LogP contribution in [-0.2, 0) is 14.3 Å². The Labute approximate surface area is 157 Å². The molecule has 0 aliphatic carbocycles. The van der Waals surface area contributed by atoms with Gasteiger partial charge in [0.05, 0.1) is 7.11 Å². The Morgan fingerprint density at radius 2 is 1.89 bits per heavy atom. The van der Waals surface area contributed by atoms with E-state index < -0.39 is 29.6 Å². The number of hydrogen-bond acceptors (Lipinski definition) is 6. The van der Waals surface area contributed by atoms with E-state index in [1.54, 1.807) is 25.1 Å². The normalized spacial score (nSPS) is 13.3. The highest BCUT2D eigenvalue weighted by Gasteiger charge is 2.25. The number of esters is 1. The number of hydrogen-bond donors (Lipinski definition) is 1. The van der Waals surface area contributed by atoms with Crippen LogP contribution in [0.3, 0.4) is 0 Å². The molecule has 0 saturated carbocycles. The molecule has 0 fully saturated rings. The highest BCUT2D eigenvalue weighted by molar-refractivity contribution is 5.87. The predicted octanol–water partition coefficient (Wildman–Crippen LogP) is 2.57. The Balaban J connectivity index is 2.12. The Morgan fingerprint density at radius 1 is 1.19 bits per heavy atom. The fourth-order valence-electron chi connectivity index (χ4n) is 2.75. The minimum absolute atomic E-state index is 0.206. The maximum atomic E-state index is 12.4. The first-order chi connectivity index (χ1) is 12.7. The summed E-state index contributed by atoms with van der Waals surface area (Å²) in [5.41, 5.74) is 0.739. The van der Waals surface area contributed by atoms with Crippen LogP contribution in [0.25, 0.3) is 11.0 Å². The third kappa shape index (κ3) is 5.32. The van der Waals surface area contributed by atoms with Gasteiger partial charge in [-0.1, -0.05) is 13.8 Å². The van der Waals surface area contributed by atoms with Crippen LogP contribution in [0.4, 0.5) is 0 Å². The van der Waals surface area contributed by atoms with Crippen LogP contribution < -0.4 is 15.7 Å². The van der Waals surface area contributed by atoms with Crippen LogP contribution in [0, 0.1) is 12.8 Å². The van der Waals surface area contributed by atoms with Gasteiger partial charge < -0.3 is 19.2 Å². The van der Waals surface area contributed by atoms with Gasteiger partial charge in [0.1, 0.15) is 17.4 Å². The van der Waals surface area contributed by atoms with Crippen molar-refractivity contribution >= 4 is 22.8 Å². The maximum absolute atomic E-state index is 12.4. The molecule has 0 radical (unpaired) electrons. The number of carbonyl (C=O) groups is 2. The van der Waals surface area contributed by atoms with Gasteiger partial charge in [-0.25, -0.2) is 9.59 Å². The fraction of sp³-hybridized carbons (Fsp3) is 0.450. The standard InChI is InChI=1S/C20H25NO6/c1-11(2)8-16(20(24)25-5)21-19(23)13(4)26-14-6-7-15-12(3)9-18(22)27-17(15)10-14/h6-7,9-11,13,16H,8H2,1-5H3,(H,21,23)/t13-,16-/m1/s1. The first kappa shape index (κ1) is 20.5. The van der Waals surface area contributed by atoms with Crippen LogP contribution in [-0.4, -0.2) is 31.1 Å². The van der Waals surface area contributed by atoms with Crippen LogP contribution in [0.1, 0.15) is 32.8 Å². The Bertz CT molecular complexity index is 886. The second-order valence-corrected chi connectivity index (χ2v) is 6.88. The molecule has 0 saturated heterocycles. The lowest BCUT2D eigenvalue weighted by atomic mass is 10.0. The zero-order valence-electron chi connectivity index (χ0n) is 16.2. The summed E-state index contributed by atoms with van der Waals surface area (Å²) >= 11 is 0. The number of amides is 1. The molecule has 7 nitrogen and oxygen atoms in total. The number of ether oxygens (including phenoxy) is 2. The fourth-order valence-corrected chi connectivity index (χ4v) is 2.75. The summed E-state index contributed by atoms with van der Waals surface area (Å²) in [6.45, 7) is 7.30. The zero-order valence-corrected chi connectivity index (χ0v) is 16.2. The molecule has 1 aromatic carbocycles. The molecule has 7 heteroatoms.